The Labute approximate surface area is 101 Å². The summed E-state index contributed by atoms with van der Waals surface area (Å²) in [6.45, 7) is 4.81. The van der Waals surface area contributed by atoms with Gasteiger partial charge in [0.15, 0.2) is 0 Å². The van der Waals surface area contributed by atoms with Gasteiger partial charge in [0, 0.05) is 6.61 Å². The van der Waals surface area contributed by atoms with Crippen molar-refractivity contribution in [1.29, 1.82) is 0 Å². The maximum atomic E-state index is 11.7. The van der Waals surface area contributed by atoms with Crippen LogP contribution in [-0.4, -0.2) is 38.4 Å². The predicted molar refractivity (Wildman–Crippen MR) is 60.3 cm³/mol. The predicted octanol–water partition coefficient (Wildman–Crippen LogP) is 1.22. The van der Waals surface area contributed by atoms with E-state index < -0.39 is 11.9 Å². The summed E-state index contributed by atoms with van der Waals surface area (Å²) in [5, 5.41) is 0. The quantitative estimate of drug-likeness (QED) is 0.321. The van der Waals surface area contributed by atoms with Gasteiger partial charge < -0.3 is 14.2 Å². The highest BCUT2D eigenvalue weighted by Crippen LogP contribution is 2.19. The molecule has 17 heavy (non-hydrogen) atoms. The van der Waals surface area contributed by atoms with Gasteiger partial charge in [-0.1, -0.05) is 0 Å². The maximum Gasteiger partial charge on any atom is 0.345 e. The Kier molecular flexibility index (Phi) is 5.69. The molecule has 0 spiro atoms. The van der Waals surface area contributed by atoms with Crippen LogP contribution in [0.2, 0.25) is 0 Å². The minimum absolute atomic E-state index is 0.00778. The summed E-state index contributed by atoms with van der Waals surface area (Å²) in [4.78, 5) is 23.4. The number of carbonyl (C=O) groups is 2. The maximum absolute atomic E-state index is 11.7. The summed E-state index contributed by atoms with van der Waals surface area (Å²) in [7, 11) is 0. The average Bonchev–Trinajstić information content (AvgIpc) is 2.31. The zero-order valence-corrected chi connectivity index (χ0v) is 10.3. The molecule has 0 amide bonds. The summed E-state index contributed by atoms with van der Waals surface area (Å²) >= 11 is 0. The number of hydrogen-bond donors (Lipinski definition) is 0. The molecule has 5 nitrogen and oxygen atoms in total. The summed E-state index contributed by atoms with van der Waals surface area (Å²) in [6.07, 6.45) is 1.48. The van der Waals surface area contributed by atoms with E-state index in [1.807, 2.05) is 0 Å². The van der Waals surface area contributed by atoms with Crippen molar-refractivity contribution in [1.82, 2.24) is 0 Å². The molecule has 0 aromatic carbocycles. The molecule has 5 heteroatoms. The molecule has 1 rings (SSSR count). The minimum Gasteiger partial charge on any atom is -0.462 e. The Balaban J connectivity index is 2.91. The van der Waals surface area contributed by atoms with Crippen molar-refractivity contribution in [3.8, 4) is 0 Å². The lowest BCUT2D eigenvalue weighted by atomic mass is 10.0. The molecule has 0 aromatic heterocycles. The third kappa shape index (κ3) is 3.85. The Morgan fingerprint density at radius 1 is 1.18 bits per heavy atom. The summed E-state index contributed by atoms with van der Waals surface area (Å²) in [5.41, 5.74) is 0.682. The molecule has 0 unspecified atom stereocenters. The average molecular weight is 242 g/mol. The van der Waals surface area contributed by atoms with E-state index in [-0.39, 0.29) is 18.8 Å². The highest BCUT2D eigenvalue weighted by Gasteiger charge is 2.26. The summed E-state index contributed by atoms with van der Waals surface area (Å²) in [6, 6.07) is 0. The fraction of sp³-hybridized carbons (Fsp3) is 0.667. The second kappa shape index (κ2) is 7.06. The van der Waals surface area contributed by atoms with Crippen molar-refractivity contribution >= 4 is 11.9 Å². The van der Waals surface area contributed by atoms with Crippen LogP contribution in [0.25, 0.3) is 0 Å². The lowest BCUT2D eigenvalue weighted by Gasteiger charge is -2.18. The van der Waals surface area contributed by atoms with Gasteiger partial charge in [-0.15, -0.1) is 0 Å². The van der Waals surface area contributed by atoms with Gasteiger partial charge in [0.2, 0.25) is 0 Å². The molecule has 1 heterocycles. The van der Waals surface area contributed by atoms with Gasteiger partial charge in [-0.2, -0.15) is 0 Å². The lowest BCUT2D eigenvalue weighted by molar-refractivity contribution is -0.146. The van der Waals surface area contributed by atoms with Gasteiger partial charge in [-0.05, 0) is 32.3 Å². The van der Waals surface area contributed by atoms with Gasteiger partial charge in [-0.3, -0.25) is 0 Å². The van der Waals surface area contributed by atoms with Gasteiger partial charge in [-0.25, -0.2) is 9.59 Å². The monoisotopic (exact) mass is 242 g/mol. The van der Waals surface area contributed by atoms with E-state index in [9.17, 15) is 9.59 Å². The Hall–Kier alpha value is -1.36. The molecular weight excluding hydrogens is 224 g/mol. The zero-order valence-electron chi connectivity index (χ0n) is 10.3. The van der Waals surface area contributed by atoms with E-state index in [0.717, 1.165) is 6.42 Å². The second-order valence-electron chi connectivity index (χ2n) is 3.58. The number of hydrogen-bond acceptors (Lipinski definition) is 5. The van der Waals surface area contributed by atoms with E-state index in [4.69, 9.17) is 14.2 Å². The van der Waals surface area contributed by atoms with Crippen molar-refractivity contribution < 1.29 is 23.8 Å². The Morgan fingerprint density at radius 2 is 1.76 bits per heavy atom. The molecule has 1 fully saturated rings. The smallest absolute Gasteiger partial charge is 0.345 e. The SMILES string of the molecule is CCOC(=O)C(C(=O)OCC)=C1CCCOC1. The van der Waals surface area contributed by atoms with Gasteiger partial charge in [0.25, 0.3) is 0 Å². The number of esters is 2. The first-order valence-corrected chi connectivity index (χ1v) is 5.84. The standard InChI is InChI=1S/C12H18O5/c1-3-16-11(13)10(12(14)17-4-2)9-6-5-7-15-8-9/h3-8H2,1-2H3. The van der Waals surface area contributed by atoms with Crippen molar-refractivity contribution in [2.45, 2.75) is 26.7 Å². The first-order valence-electron chi connectivity index (χ1n) is 5.84. The van der Waals surface area contributed by atoms with Crippen LogP contribution < -0.4 is 0 Å². The van der Waals surface area contributed by atoms with Crippen LogP contribution in [0.5, 0.6) is 0 Å². The van der Waals surface area contributed by atoms with Crippen LogP contribution in [0.15, 0.2) is 11.1 Å². The fourth-order valence-electron chi connectivity index (χ4n) is 1.63. The Morgan fingerprint density at radius 3 is 2.18 bits per heavy atom. The highest BCUT2D eigenvalue weighted by atomic mass is 16.6. The first kappa shape index (κ1) is 13.7. The third-order valence-electron chi connectivity index (χ3n) is 2.36. The van der Waals surface area contributed by atoms with Crippen LogP contribution in [-0.2, 0) is 23.8 Å². The largest absolute Gasteiger partial charge is 0.462 e. The van der Waals surface area contributed by atoms with Crippen LogP contribution in [0.4, 0.5) is 0 Å². The first-order chi connectivity index (χ1) is 8.20. The topological polar surface area (TPSA) is 61.8 Å². The molecule has 1 aliphatic rings. The van der Waals surface area contributed by atoms with E-state index in [0.29, 0.717) is 25.2 Å². The van der Waals surface area contributed by atoms with Crippen molar-refractivity contribution in [3.05, 3.63) is 11.1 Å². The van der Waals surface area contributed by atoms with Crippen molar-refractivity contribution in [2.75, 3.05) is 26.4 Å². The van der Waals surface area contributed by atoms with Gasteiger partial charge in [0.1, 0.15) is 5.57 Å². The van der Waals surface area contributed by atoms with Crippen molar-refractivity contribution in [3.63, 3.8) is 0 Å². The molecule has 1 saturated heterocycles. The van der Waals surface area contributed by atoms with Crippen molar-refractivity contribution in [2.24, 2.45) is 0 Å². The lowest BCUT2D eigenvalue weighted by Crippen LogP contribution is -2.23. The molecule has 0 aromatic rings. The molecule has 0 N–H and O–H groups in total. The molecule has 0 saturated carbocycles. The molecule has 0 aliphatic carbocycles. The number of rotatable bonds is 4. The van der Waals surface area contributed by atoms with Crippen LogP contribution in [0.3, 0.4) is 0 Å². The Bertz CT molecular complexity index is 291. The summed E-state index contributed by atoms with van der Waals surface area (Å²) < 4.78 is 15.0. The summed E-state index contributed by atoms with van der Waals surface area (Å²) in [5.74, 6) is -1.24. The molecule has 0 radical (unpaired) electrons. The minimum atomic E-state index is -0.619. The van der Waals surface area contributed by atoms with Crippen LogP contribution in [0.1, 0.15) is 26.7 Å². The molecule has 1 aliphatic heterocycles. The number of carbonyl (C=O) groups excluding carboxylic acids is 2. The third-order valence-corrected chi connectivity index (χ3v) is 2.36. The van der Waals surface area contributed by atoms with E-state index >= 15 is 0 Å². The molecule has 0 bridgehead atoms. The molecule has 0 atom stereocenters. The fourth-order valence-corrected chi connectivity index (χ4v) is 1.63. The number of ether oxygens (including phenoxy) is 3. The van der Waals surface area contributed by atoms with Gasteiger partial charge in [0.05, 0.1) is 19.8 Å². The van der Waals surface area contributed by atoms with E-state index in [1.165, 1.54) is 0 Å². The normalized spacial score (nSPS) is 15.3. The molecular formula is C12H18O5. The second-order valence-corrected chi connectivity index (χ2v) is 3.58. The highest BCUT2D eigenvalue weighted by molar-refractivity contribution is 6.14. The van der Waals surface area contributed by atoms with E-state index in [1.54, 1.807) is 13.8 Å². The van der Waals surface area contributed by atoms with Gasteiger partial charge >= 0.3 is 11.9 Å². The molecule has 96 valence electrons. The zero-order chi connectivity index (χ0) is 12.7. The van der Waals surface area contributed by atoms with Crippen LogP contribution >= 0.6 is 0 Å². The van der Waals surface area contributed by atoms with Crippen LogP contribution in [0, 0.1) is 0 Å². The van der Waals surface area contributed by atoms with E-state index in [2.05, 4.69) is 0 Å².